The number of aryl methyl sites for hydroxylation is 1. The highest BCUT2D eigenvalue weighted by Crippen LogP contribution is 2.17. The molecule has 0 spiro atoms. The van der Waals surface area contributed by atoms with Crippen molar-refractivity contribution in [1.29, 1.82) is 0 Å². The molecule has 0 saturated carbocycles. The number of aromatic nitrogens is 1. The van der Waals surface area contributed by atoms with E-state index < -0.39 is 0 Å². The largest absolute Gasteiger partial charge is 0.392 e. The van der Waals surface area contributed by atoms with E-state index in [0.29, 0.717) is 0 Å². The third-order valence-corrected chi connectivity index (χ3v) is 3.31. The highest BCUT2D eigenvalue weighted by Gasteiger charge is 2.06. The first-order valence-electron chi connectivity index (χ1n) is 5.49. The van der Waals surface area contributed by atoms with Crippen LogP contribution in [-0.4, -0.2) is 17.1 Å². The minimum absolute atomic E-state index is 0.0582. The van der Waals surface area contributed by atoms with Crippen LogP contribution in [0.3, 0.4) is 0 Å². The lowest BCUT2D eigenvalue weighted by Crippen LogP contribution is -2.17. The first kappa shape index (κ1) is 12.1. The van der Waals surface area contributed by atoms with Gasteiger partial charge in [-0.05, 0) is 47.0 Å². The van der Waals surface area contributed by atoms with E-state index in [2.05, 4.69) is 26.7 Å². The van der Waals surface area contributed by atoms with Gasteiger partial charge >= 0.3 is 0 Å². The molecule has 0 aliphatic carbocycles. The van der Waals surface area contributed by atoms with Gasteiger partial charge < -0.3 is 10.0 Å². The average Bonchev–Trinajstić information content (AvgIpc) is 2.81. The molecule has 2 rings (SSSR count). The Bertz CT molecular complexity index is 482. The van der Waals surface area contributed by atoms with Gasteiger partial charge in [-0.25, -0.2) is 4.98 Å². The molecule has 3 nitrogen and oxygen atoms in total. The van der Waals surface area contributed by atoms with Crippen molar-refractivity contribution in [2.75, 3.05) is 11.9 Å². The zero-order valence-electron chi connectivity index (χ0n) is 10.1. The number of pyridine rings is 1. The van der Waals surface area contributed by atoms with Crippen LogP contribution in [0.15, 0.2) is 29.0 Å². The summed E-state index contributed by atoms with van der Waals surface area (Å²) in [4.78, 5) is 6.57. The molecule has 90 valence electrons. The van der Waals surface area contributed by atoms with Crippen molar-refractivity contribution in [2.45, 2.75) is 20.1 Å². The van der Waals surface area contributed by atoms with Gasteiger partial charge in [0.25, 0.3) is 0 Å². The fraction of sp³-hybridized carbons (Fsp3) is 0.308. The molecule has 2 aromatic heterocycles. The maximum atomic E-state index is 9.18. The summed E-state index contributed by atoms with van der Waals surface area (Å²) < 4.78 is 0. The second kappa shape index (κ2) is 5.29. The molecular formula is C13H16N2OS. The molecule has 1 N–H and O–H groups in total. The van der Waals surface area contributed by atoms with E-state index in [1.165, 1.54) is 5.56 Å². The van der Waals surface area contributed by atoms with Gasteiger partial charge in [0, 0.05) is 19.3 Å². The molecule has 0 saturated heterocycles. The van der Waals surface area contributed by atoms with Gasteiger partial charge in [-0.3, -0.25) is 0 Å². The summed E-state index contributed by atoms with van der Waals surface area (Å²) in [5.41, 5.74) is 3.12. The van der Waals surface area contributed by atoms with Crippen LogP contribution in [0, 0.1) is 6.92 Å². The lowest BCUT2D eigenvalue weighted by molar-refractivity contribution is 0.281. The summed E-state index contributed by atoms with van der Waals surface area (Å²) >= 11 is 1.70. The standard InChI is InChI=1S/C13H16N2OS/c1-10-5-12(8-16)6-13(14-10)15(2)7-11-3-4-17-9-11/h3-6,9,16H,7-8H2,1-2H3. The predicted molar refractivity (Wildman–Crippen MR) is 71.3 cm³/mol. The van der Waals surface area contributed by atoms with E-state index in [4.69, 9.17) is 0 Å². The summed E-state index contributed by atoms with van der Waals surface area (Å²) in [5, 5.41) is 13.4. The van der Waals surface area contributed by atoms with Crippen molar-refractivity contribution in [3.63, 3.8) is 0 Å². The lowest BCUT2D eigenvalue weighted by atomic mass is 10.2. The Hall–Kier alpha value is -1.39. The maximum Gasteiger partial charge on any atom is 0.129 e. The Labute approximate surface area is 105 Å². The molecule has 0 aromatic carbocycles. The van der Waals surface area contributed by atoms with Crippen LogP contribution in [-0.2, 0) is 13.2 Å². The fourth-order valence-corrected chi connectivity index (χ4v) is 2.41. The van der Waals surface area contributed by atoms with Crippen LogP contribution in [0.5, 0.6) is 0 Å². The fourth-order valence-electron chi connectivity index (χ4n) is 1.75. The molecule has 2 aromatic rings. The van der Waals surface area contributed by atoms with Gasteiger partial charge in [0.1, 0.15) is 5.82 Å². The maximum absolute atomic E-state index is 9.18. The van der Waals surface area contributed by atoms with Crippen LogP contribution in [0.2, 0.25) is 0 Å². The average molecular weight is 248 g/mol. The third-order valence-electron chi connectivity index (χ3n) is 2.57. The van der Waals surface area contributed by atoms with Crippen LogP contribution in [0.4, 0.5) is 5.82 Å². The second-order valence-electron chi connectivity index (χ2n) is 4.12. The van der Waals surface area contributed by atoms with E-state index in [1.54, 1.807) is 11.3 Å². The zero-order chi connectivity index (χ0) is 12.3. The molecule has 0 amide bonds. The topological polar surface area (TPSA) is 36.4 Å². The Morgan fingerprint density at radius 3 is 2.82 bits per heavy atom. The van der Waals surface area contributed by atoms with Gasteiger partial charge in [0.2, 0.25) is 0 Å². The number of thiophene rings is 1. The minimum atomic E-state index is 0.0582. The Morgan fingerprint density at radius 1 is 1.35 bits per heavy atom. The summed E-state index contributed by atoms with van der Waals surface area (Å²) in [6.45, 7) is 2.84. The van der Waals surface area contributed by atoms with Crippen LogP contribution >= 0.6 is 11.3 Å². The normalized spacial score (nSPS) is 10.5. The van der Waals surface area contributed by atoms with Gasteiger partial charge in [-0.2, -0.15) is 11.3 Å². The number of nitrogens with zero attached hydrogens (tertiary/aromatic N) is 2. The lowest BCUT2D eigenvalue weighted by Gasteiger charge is -2.18. The smallest absolute Gasteiger partial charge is 0.129 e. The second-order valence-corrected chi connectivity index (χ2v) is 4.90. The number of hydrogen-bond acceptors (Lipinski definition) is 4. The minimum Gasteiger partial charge on any atom is -0.392 e. The van der Waals surface area contributed by atoms with Gasteiger partial charge in [0.05, 0.1) is 6.61 Å². The van der Waals surface area contributed by atoms with Crippen LogP contribution < -0.4 is 4.90 Å². The number of aliphatic hydroxyl groups excluding tert-OH is 1. The molecule has 0 aliphatic heterocycles. The van der Waals surface area contributed by atoms with E-state index in [-0.39, 0.29) is 6.61 Å². The number of anilines is 1. The molecule has 0 fully saturated rings. The molecule has 0 bridgehead atoms. The highest BCUT2D eigenvalue weighted by atomic mass is 32.1. The first-order chi connectivity index (χ1) is 8.19. The summed E-state index contributed by atoms with van der Waals surface area (Å²) in [6.07, 6.45) is 0. The van der Waals surface area contributed by atoms with Gasteiger partial charge in [-0.1, -0.05) is 0 Å². The Kier molecular flexibility index (Phi) is 3.76. The van der Waals surface area contributed by atoms with E-state index >= 15 is 0 Å². The number of hydrogen-bond donors (Lipinski definition) is 1. The molecule has 0 radical (unpaired) electrons. The number of aliphatic hydroxyl groups is 1. The van der Waals surface area contributed by atoms with E-state index in [0.717, 1.165) is 23.6 Å². The molecule has 17 heavy (non-hydrogen) atoms. The van der Waals surface area contributed by atoms with Crippen molar-refractivity contribution in [1.82, 2.24) is 4.98 Å². The van der Waals surface area contributed by atoms with Crippen molar-refractivity contribution in [2.24, 2.45) is 0 Å². The van der Waals surface area contributed by atoms with Crippen LogP contribution in [0.1, 0.15) is 16.8 Å². The number of rotatable bonds is 4. The zero-order valence-corrected chi connectivity index (χ0v) is 10.9. The Morgan fingerprint density at radius 2 is 2.18 bits per heavy atom. The van der Waals surface area contributed by atoms with Crippen molar-refractivity contribution < 1.29 is 5.11 Å². The monoisotopic (exact) mass is 248 g/mol. The molecule has 0 unspecified atom stereocenters. The first-order valence-corrected chi connectivity index (χ1v) is 6.44. The van der Waals surface area contributed by atoms with Crippen molar-refractivity contribution in [3.8, 4) is 0 Å². The molecular weight excluding hydrogens is 232 g/mol. The van der Waals surface area contributed by atoms with E-state index in [1.807, 2.05) is 26.1 Å². The van der Waals surface area contributed by atoms with Crippen LogP contribution in [0.25, 0.3) is 0 Å². The Balaban J connectivity index is 2.18. The molecule has 2 heterocycles. The summed E-state index contributed by atoms with van der Waals surface area (Å²) in [5.74, 6) is 0.903. The summed E-state index contributed by atoms with van der Waals surface area (Å²) in [6, 6.07) is 5.95. The van der Waals surface area contributed by atoms with Gasteiger partial charge in [0.15, 0.2) is 0 Å². The van der Waals surface area contributed by atoms with Crippen molar-refractivity contribution in [3.05, 3.63) is 45.8 Å². The molecule has 0 aliphatic rings. The van der Waals surface area contributed by atoms with Crippen molar-refractivity contribution >= 4 is 17.2 Å². The van der Waals surface area contributed by atoms with Gasteiger partial charge in [-0.15, -0.1) is 0 Å². The van der Waals surface area contributed by atoms with E-state index in [9.17, 15) is 5.11 Å². The highest BCUT2D eigenvalue weighted by molar-refractivity contribution is 7.07. The SMILES string of the molecule is Cc1cc(CO)cc(N(C)Cc2ccsc2)n1. The molecule has 0 atom stereocenters. The predicted octanol–water partition coefficient (Wildman–Crippen LogP) is 2.58. The summed E-state index contributed by atoms with van der Waals surface area (Å²) in [7, 11) is 2.01. The third kappa shape index (κ3) is 3.05. The molecule has 4 heteroatoms. The quantitative estimate of drug-likeness (QED) is 0.903.